The first-order chi connectivity index (χ1) is 8.79. The van der Waals surface area contributed by atoms with Crippen LogP contribution < -0.4 is 0 Å². The molecule has 1 N–H and O–H groups in total. The van der Waals surface area contributed by atoms with Crippen molar-refractivity contribution < 1.29 is 23.0 Å². The number of amides is 1. The normalized spacial score (nSPS) is 24.6. The zero-order chi connectivity index (χ0) is 15.9. The molecule has 0 spiro atoms. The Morgan fingerprint density at radius 1 is 1.35 bits per heavy atom. The topological polar surface area (TPSA) is 76.1 Å². The summed E-state index contributed by atoms with van der Waals surface area (Å²) in [5.41, 5.74) is -1.51. The molecule has 1 amide bonds. The van der Waals surface area contributed by atoms with Gasteiger partial charge < -0.3 is 14.0 Å². The molecule has 20 heavy (non-hydrogen) atoms. The molecule has 2 atom stereocenters. The first-order valence-corrected chi connectivity index (χ1v) is 7.67. The number of carbonyl (C=O) groups excluding carboxylic acids is 1. The summed E-state index contributed by atoms with van der Waals surface area (Å²) in [5, 5.41) is 0. The molecular weight excluding hydrogens is 282 g/mol. The zero-order valence-electron chi connectivity index (χ0n) is 13.2. The van der Waals surface area contributed by atoms with Gasteiger partial charge in [0.2, 0.25) is 0 Å². The quantitative estimate of drug-likeness (QED) is 0.793. The Hall–Kier alpha value is -0.660. The van der Waals surface area contributed by atoms with Crippen LogP contribution in [0.5, 0.6) is 0 Å². The van der Waals surface area contributed by atoms with Crippen LogP contribution in [0.15, 0.2) is 0 Å². The van der Waals surface area contributed by atoms with Crippen LogP contribution in [-0.4, -0.2) is 48.5 Å². The number of ether oxygens (including phenoxy) is 2. The third kappa shape index (κ3) is 3.51. The van der Waals surface area contributed by atoms with E-state index in [4.69, 9.17) is 9.47 Å². The van der Waals surface area contributed by atoms with Crippen LogP contribution in [0.1, 0.15) is 48.5 Å². The highest BCUT2D eigenvalue weighted by molar-refractivity contribution is 7.80. The molecule has 0 saturated carbocycles. The van der Waals surface area contributed by atoms with Crippen molar-refractivity contribution >= 4 is 17.2 Å². The van der Waals surface area contributed by atoms with Gasteiger partial charge in [0.05, 0.1) is 17.4 Å². The van der Waals surface area contributed by atoms with Gasteiger partial charge in [0.1, 0.15) is 11.3 Å². The predicted molar refractivity (Wildman–Crippen MR) is 76.7 cm³/mol. The minimum Gasteiger partial charge on any atom is -0.444 e. The number of carbonyl (C=O) groups is 1. The van der Waals surface area contributed by atoms with Gasteiger partial charge in [-0.25, -0.2) is 9.00 Å². The van der Waals surface area contributed by atoms with Gasteiger partial charge in [-0.3, -0.25) is 4.90 Å². The van der Waals surface area contributed by atoms with Gasteiger partial charge in [-0.05, 0) is 48.5 Å². The Balaban J connectivity index is 3.09. The highest BCUT2D eigenvalue weighted by Crippen LogP contribution is 2.36. The largest absolute Gasteiger partial charge is 0.444 e. The first kappa shape index (κ1) is 17.4. The van der Waals surface area contributed by atoms with E-state index in [1.165, 1.54) is 4.90 Å². The molecular formula is C13H25NO5S. The lowest BCUT2D eigenvalue weighted by Gasteiger charge is -2.39. The van der Waals surface area contributed by atoms with E-state index >= 15 is 0 Å². The van der Waals surface area contributed by atoms with Gasteiger partial charge in [0.25, 0.3) is 0 Å². The maximum atomic E-state index is 12.4. The summed E-state index contributed by atoms with van der Waals surface area (Å²) in [7, 11) is 0. The minimum absolute atomic E-state index is 0.200. The van der Waals surface area contributed by atoms with Crippen LogP contribution in [0.25, 0.3) is 0 Å². The van der Waals surface area contributed by atoms with Crippen molar-refractivity contribution in [3.8, 4) is 0 Å². The van der Waals surface area contributed by atoms with E-state index in [1.54, 1.807) is 48.5 Å². The molecule has 1 saturated heterocycles. The number of nitrogens with zero attached hydrogens (tertiary/aromatic N) is 1. The van der Waals surface area contributed by atoms with Crippen molar-refractivity contribution in [2.45, 2.75) is 70.6 Å². The molecule has 1 fully saturated rings. The smallest absolute Gasteiger partial charge is 0.412 e. The van der Waals surface area contributed by atoms with E-state index in [9.17, 15) is 13.6 Å². The third-order valence-electron chi connectivity index (χ3n) is 3.33. The van der Waals surface area contributed by atoms with Crippen LogP contribution in [0.2, 0.25) is 0 Å². The lowest BCUT2D eigenvalue weighted by Crippen LogP contribution is -2.57. The van der Waals surface area contributed by atoms with Gasteiger partial charge >= 0.3 is 6.09 Å². The molecule has 0 radical (unpaired) electrons. The van der Waals surface area contributed by atoms with E-state index in [2.05, 4.69) is 0 Å². The second-order valence-electron chi connectivity index (χ2n) is 6.98. The summed E-state index contributed by atoms with van der Waals surface area (Å²) >= 11 is -2.09. The van der Waals surface area contributed by atoms with Crippen molar-refractivity contribution in [1.29, 1.82) is 0 Å². The molecule has 0 bridgehead atoms. The second kappa shape index (κ2) is 5.27. The van der Waals surface area contributed by atoms with Crippen LogP contribution in [-0.2, 0) is 20.6 Å². The summed E-state index contributed by atoms with van der Waals surface area (Å²) in [6, 6.07) is -0.529. The molecule has 1 aliphatic rings. The van der Waals surface area contributed by atoms with Crippen LogP contribution in [0, 0.1) is 0 Å². The number of rotatable bonds is 2. The highest BCUT2D eigenvalue weighted by Gasteiger charge is 2.53. The lowest BCUT2D eigenvalue weighted by atomic mass is 10.0. The predicted octanol–water partition coefficient (Wildman–Crippen LogP) is 2.36. The average Bonchev–Trinajstić information content (AvgIpc) is 2.51. The molecule has 0 aromatic heterocycles. The van der Waals surface area contributed by atoms with E-state index in [-0.39, 0.29) is 6.61 Å². The molecule has 1 unspecified atom stereocenters. The summed E-state index contributed by atoms with van der Waals surface area (Å²) in [4.78, 5) is 13.8. The second-order valence-corrected chi connectivity index (χ2v) is 8.53. The molecule has 0 aliphatic carbocycles. The van der Waals surface area contributed by atoms with Gasteiger partial charge in [-0.1, -0.05) is 0 Å². The molecule has 118 valence electrons. The zero-order valence-corrected chi connectivity index (χ0v) is 14.0. The average molecular weight is 307 g/mol. The van der Waals surface area contributed by atoms with Gasteiger partial charge in [-0.15, -0.1) is 0 Å². The maximum Gasteiger partial charge on any atom is 0.412 e. The third-order valence-corrected chi connectivity index (χ3v) is 4.50. The molecule has 1 aliphatic heterocycles. The Labute approximate surface area is 123 Å². The molecule has 0 aromatic rings. The summed E-state index contributed by atoms with van der Waals surface area (Å²) in [6.07, 6.45) is -0.538. The van der Waals surface area contributed by atoms with Gasteiger partial charge in [0, 0.05) is 0 Å². The van der Waals surface area contributed by atoms with Crippen molar-refractivity contribution in [2.75, 3.05) is 6.61 Å². The standard InChI is InChI=1S/C13H25NO5S/c1-11(2,3)19-10(15)14-9(8-18-13(14,6)7)12(4,5)20(16)17/h9H,8H2,1-7H3,(H,16,17)/t9-/m1/s1. The minimum atomic E-state index is -2.09. The Kier molecular flexibility index (Phi) is 4.58. The first-order valence-electron chi connectivity index (χ1n) is 6.56. The number of hydrogen-bond donors (Lipinski definition) is 1. The molecule has 6 nitrogen and oxygen atoms in total. The van der Waals surface area contributed by atoms with E-state index in [0.717, 1.165) is 0 Å². The summed E-state index contributed by atoms with van der Waals surface area (Å²) < 4.78 is 31.0. The Bertz CT molecular complexity index is 413. The lowest BCUT2D eigenvalue weighted by molar-refractivity contribution is -0.0634. The van der Waals surface area contributed by atoms with Crippen molar-refractivity contribution in [3.05, 3.63) is 0 Å². The monoisotopic (exact) mass is 307 g/mol. The Morgan fingerprint density at radius 3 is 2.25 bits per heavy atom. The molecule has 1 rings (SSSR count). The fraction of sp³-hybridized carbons (Fsp3) is 0.923. The molecule has 0 aromatic carbocycles. The van der Waals surface area contributed by atoms with Crippen molar-refractivity contribution in [3.63, 3.8) is 0 Å². The Morgan fingerprint density at radius 2 is 1.85 bits per heavy atom. The fourth-order valence-corrected chi connectivity index (χ4v) is 2.49. The van der Waals surface area contributed by atoms with Gasteiger partial charge in [-0.2, -0.15) is 0 Å². The van der Waals surface area contributed by atoms with Crippen LogP contribution >= 0.6 is 0 Å². The summed E-state index contributed by atoms with van der Waals surface area (Å²) in [6.45, 7) is 12.3. The van der Waals surface area contributed by atoms with Crippen molar-refractivity contribution in [2.24, 2.45) is 0 Å². The van der Waals surface area contributed by atoms with E-state index < -0.39 is 39.3 Å². The molecule has 7 heteroatoms. The van der Waals surface area contributed by atoms with E-state index in [0.29, 0.717) is 0 Å². The fourth-order valence-electron chi connectivity index (χ4n) is 2.09. The SMILES string of the molecule is CC(C)(C)OC(=O)N1[C@@H](C(C)(C)S(=O)O)COC1(C)C. The maximum absolute atomic E-state index is 12.4. The number of hydrogen-bond acceptors (Lipinski definition) is 4. The van der Waals surface area contributed by atoms with Crippen LogP contribution in [0.3, 0.4) is 0 Å². The molecule has 1 heterocycles. The summed E-state index contributed by atoms with van der Waals surface area (Å²) in [5.74, 6) is 0. The highest BCUT2D eigenvalue weighted by atomic mass is 32.2. The van der Waals surface area contributed by atoms with Crippen LogP contribution in [0.4, 0.5) is 4.79 Å². The van der Waals surface area contributed by atoms with Crippen molar-refractivity contribution in [1.82, 2.24) is 4.90 Å². The van der Waals surface area contributed by atoms with E-state index in [1.807, 2.05) is 0 Å². The van der Waals surface area contributed by atoms with Gasteiger partial charge in [0.15, 0.2) is 11.1 Å².